The number of fused-ring (bicyclic) bond motifs is 3. The van der Waals surface area contributed by atoms with E-state index >= 15 is 0 Å². The number of hydrogen-bond donors (Lipinski definition) is 0. The molecule has 5 aromatic rings. The molecule has 0 saturated heterocycles. The molecule has 88 heavy (non-hydrogen) atoms. The zero-order chi connectivity index (χ0) is 65.8. The van der Waals surface area contributed by atoms with E-state index in [9.17, 15) is 28.8 Å². The van der Waals surface area contributed by atoms with Crippen molar-refractivity contribution in [3.05, 3.63) is 125 Å². The second kappa shape index (κ2) is 29.7. The fourth-order valence-corrected chi connectivity index (χ4v) is 10.5. The number of carbonyl (C=O) groups excluding carboxylic acids is 6. The minimum Gasteiger partial charge on any atom is -0.497 e. The van der Waals surface area contributed by atoms with Gasteiger partial charge in [-0.25, -0.2) is 9.59 Å². The third kappa shape index (κ3) is 17.2. The maximum absolute atomic E-state index is 14.4. The van der Waals surface area contributed by atoms with Gasteiger partial charge < -0.3 is 42.6 Å². The molecule has 0 spiro atoms. The highest BCUT2D eigenvalue weighted by Crippen LogP contribution is 2.52. The second-order valence-electron chi connectivity index (χ2n) is 26.1. The summed E-state index contributed by atoms with van der Waals surface area (Å²) in [5, 5.41) is 0.842. The van der Waals surface area contributed by atoms with Gasteiger partial charge in [-0.2, -0.15) is 0 Å². The molecule has 6 rings (SSSR count). The van der Waals surface area contributed by atoms with E-state index in [4.69, 9.17) is 42.6 Å². The first kappa shape index (κ1) is 72.0. The summed E-state index contributed by atoms with van der Waals surface area (Å²) in [7, 11) is 4.38. The van der Waals surface area contributed by atoms with Gasteiger partial charge in [-0.05, 0) is 132 Å². The third-order valence-electron chi connectivity index (χ3n) is 17.4. The molecule has 17 heteroatoms. The van der Waals surface area contributed by atoms with Crippen LogP contribution in [0.4, 0.5) is 0 Å². The molecule has 2 unspecified atom stereocenters. The number of esters is 5. The van der Waals surface area contributed by atoms with Crippen molar-refractivity contribution in [3.63, 3.8) is 0 Å². The summed E-state index contributed by atoms with van der Waals surface area (Å²) in [6.07, 6.45) is 8.20. The van der Waals surface area contributed by atoms with E-state index in [0.717, 1.165) is 43.2 Å². The third-order valence-corrected chi connectivity index (χ3v) is 18.5. The van der Waals surface area contributed by atoms with Gasteiger partial charge >= 0.3 is 29.8 Å². The number of hydrogen-bond acceptors (Lipinski definition) is 15. The lowest BCUT2D eigenvalue weighted by Crippen LogP contribution is -2.46. The number of halogens is 2. The summed E-state index contributed by atoms with van der Waals surface area (Å²) < 4.78 is 50.8. The topological polar surface area (TPSA) is 185 Å². The van der Waals surface area contributed by atoms with E-state index in [1.807, 2.05) is 89.2 Å². The fourth-order valence-electron chi connectivity index (χ4n) is 9.79. The number of alkyl halides is 2. The van der Waals surface area contributed by atoms with Crippen molar-refractivity contribution in [2.24, 2.45) is 33.5 Å². The molecule has 15 nitrogen and oxygen atoms in total. The summed E-state index contributed by atoms with van der Waals surface area (Å²) in [6, 6.07) is 25.7. The molecule has 1 heterocycles. The summed E-state index contributed by atoms with van der Waals surface area (Å²) in [5.41, 5.74) is -1.57. The van der Waals surface area contributed by atoms with Crippen molar-refractivity contribution in [2.75, 3.05) is 34.5 Å². The summed E-state index contributed by atoms with van der Waals surface area (Å²) in [5.74, 6) is -2.46. The number of ether oxygens (including phenoxy) is 9. The van der Waals surface area contributed by atoms with E-state index in [2.05, 4.69) is 87.2 Å². The van der Waals surface area contributed by atoms with Gasteiger partial charge in [0.25, 0.3) is 6.47 Å². The summed E-state index contributed by atoms with van der Waals surface area (Å²) >= 11 is 7.34. The molecule has 0 saturated carbocycles. The van der Waals surface area contributed by atoms with Crippen molar-refractivity contribution in [1.82, 2.24) is 0 Å². The zero-order valence-electron chi connectivity index (χ0n) is 54.6. The molecule has 0 radical (unpaired) electrons. The molecule has 1 aliphatic rings. The molecule has 2 atom stereocenters. The van der Waals surface area contributed by atoms with Gasteiger partial charge in [0.1, 0.15) is 34.3 Å². The Morgan fingerprint density at radius 1 is 0.591 bits per heavy atom. The molecule has 0 fully saturated rings. The van der Waals surface area contributed by atoms with Gasteiger partial charge in [-0.1, -0.05) is 156 Å². The van der Waals surface area contributed by atoms with Gasteiger partial charge in [0.15, 0.2) is 11.4 Å². The van der Waals surface area contributed by atoms with Gasteiger partial charge in [-0.3, -0.25) is 19.2 Å². The largest absolute Gasteiger partial charge is 0.497 e. The minimum absolute atomic E-state index is 0.0620. The first-order valence-corrected chi connectivity index (χ1v) is 31.4. The standard InChI is InChI=1S/C54H57BrO13.C17H33BrO2/c1-11-12-27-64-48(58)43(53(6,7)55)31-51(2,3)52(4,5)50(60)66-39-29-33(28-38(30-39)65-32-56)47(57)67-46-41-16-14-13-15-40(41)45-42(44(46)49(59)63-10)25-26-54(68-45,34-17-21-36(61-8)22-18-34)35-19-23-37(62-9)24-20-35;1-9-10-11-20-14(19)13(17(7,8)18)12-16(5,6)15(2,3)4/h13-26,28-30,32,43H,11-12,27,31H2,1-10H3;13H,9-12H2,1-8H3. The molecule has 0 N–H and O–H groups in total. The van der Waals surface area contributed by atoms with Crippen molar-refractivity contribution in [2.45, 2.75) is 157 Å². The van der Waals surface area contributed by atoms with Crippen molar-refractivity contribution in [3.8, 4) is 34.5 Å². The Morgan fingerprint density at radius 2 is 1.07 bits per heavy atom. The van der Waals surface area contributed by atoms with Gasteiger partial charge in [0.2, 0.25) is 0 Å². The van der Waals surface area contributed by atoms with Gasteiger partial charge in [0, 0.05) is 42.2 Å². The number of unbranched alkanes of at least 4 members (excludes halogenated alkanes) is 2. The zero-order valence-corrected chi connectivity index (χ0v) is 57.8. The Bertz CT molecular complexity index is 3240. The Morgan fingerprint density at radius 3 is 1.51 bits per heavy atom. The molecule has 0 aliphatic carbocycles. The lowest BCUT2D eigenvalue weighted by molar-refractivity contribution is -0.157. The molecular formula is C71H90Br2O15. The number of rotatable bonds is 26. The van der Waals surface area contributed by atoms with Gasteiger partial charge in [0.05, 0.1) is 57.4 Å². The van der Waals surface area contributed by atoms with Crippen LogP contribution in [0.3, 0.4) is 0 Å². The Balaban J connectivity index is 0.000000603. The highest BCUT2D eigenvalue weighted by molar-refractivity contribution is 9.10. The SMILES string of the molecule is CCCCOC(=O)C(CC(C)(C)C(C)(C)C(=O)Oc1cc(OC=O)cc(C(=O)Oc2c(C(=O)OC)c3c(c4ccccc24)OC(c2ccc(OC)cc2)(c2ccc(OC)cc2)C=C3)c1)C(C)(C)Br.CCCCOC(=O)C(CC(C)(C)C(C)(C)C)C(C)(C)Br. The fraction of sp³-hybridized carbons (Fsp3) is 0.493. The molecular weight excluding hydrogens is 1250 g/mol. The van der Waals surface area contributed by atoms with Crippen LogP contribution in [-0.2, 0) is 39.0 Å². The van der Waals surface area contributed by atoms with Crippen LogP contribution < -0.4 is 28.4 Å². The lowest BCUT2D eigenvalue weighted by Gasteiger charge is -2.43. The number of carbonyl (C=O) groups is 6. The average molecular weight is 1340 g/mol. The summed E-state index contributed by atoms with van der Waals surface area (Å²) in [4.78, 5) is 80.0. The smallest absolute Gasteiger partial charge is 0.343 e. The Hall–Kier alpha value is -6.72. The lowest BCUT2D eigenvalue weighted by atomic mass is 9.62. The summed E-state index contributed by atoms with van der Waals surface area (Å²) in [6.45, 7) is 31.3. The highest BCUT2D eigenvalue weighted by atomic mass is 79.9. The van der Waals surface area contributed by atoms with E-state index in [1.165, 1.54) is 25.3 Å². The Kier molecular flexibility index (Phi) is 24.3. The number of benzene rings is 5. The van der Waals surface area contributed by atoms with Crippen LogP contribution in [0.15, 0.2) is 97.1 Å². The van der Waals surface area contributed by atoms with Crippen LogP contribution in [0, 0.1) is 33.5 Å². The van der Waals surface area contributed by atoms with Crippen molar-refractivity contribution in [1.29, 1.82) is 0 Å². The molecule has 0 amide bonds. The average Bonchev–Trinajstić information content (AvgIpc) is 1.29. The van der Waals surface area contributed by atoms with E-state index < -0.39 is 44.6 Å². The minimum atomic E-state index is -1.22. The predicted octanol–water partition coefficient (Wildman–Crippen LogP) is 16.8. The van der Waals surface area contributed by atoms with Crippen molar-refractivity contribution < 1.29 is 71.4 Å². The first-order valence-electron chi connectivity index (χ1n) is 29.8. The quantitative estimate of drug-likeness (QED) is 0.0127. The monoisotopic (exact) mass is 1340 g/mol. The molecule has 0 bridgehead atoms. The van der Waals surface area contributed by atoms with E-state index in [-0.39, 0.29) is 79.8 Å². The van der Waals surface area contributed by atoms with Crippen LogP contribution in [-0.4, -0.2) is 79.5 Å². The predicted molar refractivity (Wildman–Crippen MR) is 350 cm³/mol. The Labute approximate surface area is 537 Å². The van der Waals surface area contributed by atoms with Crippen LogP contribution in [0.1, 0.15) is 180 Å². The van der Waals surface area contributed by atoms with Crippen LogP contribution in [0.2, 0.25) is 0 Å². The maximum atomic E-state index is 14.4. The highest BCUT2D eigenvalue weighted by Gasteiger charge is 2.50. The van der Waals surface area contributed by atoms with Crippen molar-refractivity contribution >= 4 is 85.0 Å². The van der Waals surface area contributed by atoms with E-state index in [0.29, 0.717) is 41.2 Å². The van der Waals surface area contributed by atoms with Gasteiger partial charge in [-0.15, -0.1) is 0 Å². The van der Waals surface area contributed by atoms with Crippen LogP contribution >= 0.6 is 31.9 Å². The number of methoxy groups -OCH3 is 3. The normalized spacial score (nSPS) is 13.9. The van der Waals surface area contributed by atoms with Crippen LogP contribution in [0.5, 0.6) is 34.5 Å². The molecule has 0 aromatic heterocycles. The van der Waals surface area contributed by atoms with Crippen LogP contribution in [0.25, 0.3) is 16.8 Å². The molecule has 478 valence electrons. The first-order chi connectivity index (χ1) is 41.1. The molecule has 5 aromatic carbocycles. The maximum Gasteiger partial charge on any atom is 0.343 e. The van der Waals surface area contributed by atoms with E-state index in [1.54, 1.807) is 58.4 Å². The molecule has 1 aliphatic heterocycles. The second-order valence-corrected chi connectivity index (χ2v) is 30.2.